The van der Waals surface area contributed by atoms with Crippen molar-refractivity contribution in [2.75, 3.05) is 38.6 Å². The fourth-order valence-corrected chi connectivity index (χ4v) is 4.67. The van der Waals surface area contributed by atoms with Gasteiger partial charge in [0.25, 0.3) is 0 Å². The van der Waals surface area contributed by atoms with E-state index in [1.54, 1.807) is 19.2 Å². The Labute approximate surface area is 206 Å². The van der Waals surface area contributed by atoms with E-state index in [0.29, 0.717) is 11.7 Å². The van der Waals surface area contributed by atoms with Crippen molar-refractivity contribution >= 4 is 16.7 Å². The van der Waals surface area contributed by atoms with Gasteiger partial charge in [-0.15, -0.1) is 0 Å². The molecule has 0 aliphatic carbocycles. The molecule has 3 aromatic carbocycles. The van der Waals surface area contributed by atoms with E-state index in [1.807, 2.05) is 54.6 Å². The van der Waals surface area contributed by atoms with Crippen molar-refractivity contribution in [2.45, 2.75) is 19.3 Å². The van der Waals surface area contributed by atoms with Crippen LogP contribution in [0.2, 0.25) is 0 Å². The number of benzene rings is 3. The molecular formula is C29H31FN4O. The lowest BCUT2D eigenvalue weighted by atomic mass is 9.96. The Morgan fingerprint density at radius 1 is 0.943 bits per heavy atom. The Kier molecular flexibility index (Phi) is 7.19. The van der Waals surface area contributed by atoms with Crippen molar-refractivity contribution in [3.63, 3.8) is 0 Å². The molecule has 4 aromatic rings. The van der Waals surface area contributed by atoms with E-state index in [4.69, 9.17) is 14.7 Å². The summed E-state index contributed by atoms with van der Waals surface area (Å²) in [6.45, 7) is 4.10. The first kappa shape index (κ1) is 23.2. The number of anilines is 1. The Morgan fingerprint density at radius 3 is 2.43 bits per heavy atom. The van der Waals surface area contributed by atoms with Crippen molar-refractivity contribution in [2.24, 2.45) is 5.92 Å². The molecule has 0 spiro atoms. The Hall–Kier alpha value is -3.51. The largest absolute Gasteiger partial charge is 0.497 e. The number of nitrogens with one attached hydrogen (secondary N) is 1. The highest BCUT2D eigenvalue weighted by molar-refractivity contribution is 5.90. The molecule has 0 atom stereocenters. The molecule has 0 unspecified atom stereocenters. The average Bonchev–Trinajstić information content (AvgIpc) is 2.92. The Bertz CT molecular complexity index is 1250. The first-order chi connectivity index (χ1) is 17.2. The van der Waals surface area contributed by atoms with Gasteiger partial charge in [0.05, 0.1) is 12.6 Å². The molecule has 0 bridgehead atoms. The number of halogens is 1. The molecule has 180 valence electrons. The standard InChI is InChI=1S/C29H31FN4O/c1-35-25-12-8-23(9-13-25)28-32-27-5-3-2-4-26(27)29(33-28)31-20-22-15-18-34(19-16-22)17-14-21-6-10-24(30)11-7-21/h2-13,22H,14-20H2,1H3,(H,31,32,33). The van der Waals surface area contributed by atoms with Crippen molar-refractivity contribution < 1.29 is 9.13 Å². The topological polar surface area (TPSA) is 50.3 Å². The fourth-order valence-electron chi connectivity index (χ4n) is 4.67. The summed E-state index contributed by atoms with van der Waals surface area (Å²) < 4.78 is 18.4. The molecule has 5 rings (SSSR count). The molecule has 2 heterocycles. The molecule has 1 aromatic heterocycles. The van der Waals surface area contributed by atoms with Crippen LogP contribution in [0.15, 0.2) is 72.8 Å². The van der Waals surface area contributed by atoms with Crippen LogP contribution in [-0.4, -0.2) is 48.2 Å². The number of methoxy groups -OCH3 is 1. The summed E-state index contributed by atoms with van der Waals surface area (Å²) in [5, 5.41) is 4.68. The second kappa shape index (κ2) is 10.8. The number of aromatic nitrogens is 2. The number of hydrogen-bond donors (Lipinski definition) is 1. The average molecular weight is 471 g/mol. The van der Waals surface area contributed by atoms with Gasteiger partial charge in [0.1, 0.15) is 17.4 Å². The van der Waals surface area contributed by atoms with Crippen molar-refractivity contribution in [1.29, 1.82) is 0 Å². The molecule has 1 N–H and O–H groups in total. The van der Waals surface area contributed by atoms with Gasteiger partial charge in [-0.3, -0.25) is 0 Å². The highest BCUT2D eigenvalue weighted by Gasteiger charge is 2.19. The fraction of sp³-hybridized carbons (Fsp3) is 0.310. The van der Waals surface area contributed by atoms with Crippen molar-refractivity contribution in [1.82, 2.24) is 14.9 Å². The molecule has 35 heavy (non-hydrogen) atoms. The Balaban J connectivity index is 1.21. The zero-order valence-electron chi connectivity index (χ0n) is 20.1. The molecular weight excluding hydrogens is 439 g/mol. The quantitative estimate of drug-likeness (QED) is 0.352. The van der Waals surface area contributed by atoms with Gasteiger partial charge in [0, 0.05) is 24.0 Å². The maximum atomic E-state index is 13.1. The number of para-hydroxylation sites is 1. The summed E-state index contributed by atoms with van der Waals surface area (Å²) >= 11 is 0. The van der Waals surface area contributed by atoms with Gasteiger partial charge in [-0.05, 0) is 92.4 Å². The van der Waals surface area contributed by atoms with Crippen molar-refractivity contribution in [3.05, 3.63) is 84.2 Å². The van der Waals surface area contributed by atoms with Crippen LogP contribution in [0.1, 0.15) is 18.4 Å². The normalized spacial score (nSPS) is 14.8. The second-order valence-electron chi connectivity index (χ2n) is 9.18. The summed E-state index contributed by atoms with van der Waals surface area (Å²) in [4.78, 5) is 12.2. The number of piperidine rings is 1. The molecule has 1 saturated heterocycles. The highest BCUT2D eigenvalue weighted by atomic mass is 19.1. The summed E-state index contributed by atoms with van der Waals surface area (Å²) in [5.74, 6) is 2.85. The van der Waals surface area contributed by atoms with Crippen LogP contribution < -0.4 is 10.1 Å². The van der Waals surface area contributed by atoms with E-state index in [0.717, 1.165) is 73.5 Å². The SMILES string of the molecule is COc1ccc(-c2nc(NCC3CCN(CCc4ccc(F)cc4)CC3)c3ccccc3n2)cc1. The molecule has 0 radical (unpaired) electrons. The van der Waals surface area contributed by atoms with Crippen LogP contribution in [0.5, 0.6) is 5.75 Å². The van der Waals surface area contributed by atoms with E-state index >= 15 is 0 Å². The van der Waals surface area contributed by atoms with E-state index in [-0.39, 0.29) is 5.82 Å². The monoisotopic (exact) mass is 470 g/mol. The van der Waals surface area contributed by atoms with E-state index in [9.17, 15) is 4.39 Å². The molecule has 0 saturated carbocycles. The molecule has 6 heteroatoms. The maximum Gasteiger partial charge on any atom is 0.162 e. The summed E-state index contributed by atoms with van der Waals surface area (Å²) in [6, 6.07) is 22.9. The van der Waals surface area contributed by atoms with Gasteiger partial charge >= 0.3 is 0 Å². The van der Waals surface area contributed by atoms with Crippen LogP contribution in [0.4, 0.5) is 10.2 Å². The predicted molar refractivity (Wildman–Crippen MR) is 139 cm³/mol. The minimum Gasteiger partial charge on any atom is -0.497 e. The van der Waals surface area contributed by atoms with Gasteiger partial charge in [0.15, 0.2) is 5.82 Å². The lowest BCUT2D eigenvalue weighted by molar-refractivity contribution is 0.191. The van der Waals surface area contributed by atoms with Gasteiger partial charge in [-0.1, -0.05) is 24.3 Å². The minimum absolute atomic E-state index is 0.172. The van der Waals surface area contributed by atoms with E-state index < -0.39 is 0 Å². The van der Waals surface area contributed by atoms with Gasteiger partial charge in [-0.25, -0.2) is 14.4 Å². The van der Waals surface area contributed by atoms with Crippen LogP contribution >= 0.6 is 0 Å². The third-order valence-electron chi connectivity index (χ3n) is 6.85. The number of likely N-dealkylation sites (tertiary alicyclic amines) is 1. The summed E-state index contributed by atoms with van der Waals surface area (Å²) in [6.07, 6.45) is 3.28. The minimum atomic E-state index is -0.172. The molecule has 0 amide bonds. The number of nitrogens with zero attached hydrogens (tertiary/aromatic N) is 3. The zero-order chi connectivity index (χ0) is 24.0. The summed E-state index contributed by atoms with van der Waals surface area (Å²) in [5.41, 5.74) is 3.10. The maximum absolute atomic E-state index is 13.1. The third-order valence-corrected chi connectivity index (χ3v) is 6.85. The molecule has 1 fully saturated rings. The van der Waals surface area contributed by atoms with Crippen molar-refractivity contribution in [3.8, 4) is 17.1 Å². The summed E-state index contributed by atoms with van der Waals surface area (Å²) in [7, 11) is 1.67. The number of rotatable bonds is 8. The lowest BCUT2D eigenvalue weighted by Gasteiger charge is -2.32. The number of hydrogen-bond acceptors (Lipinski definition) is 5. The van der Waals surface area contributed by atoms with Crippen LogP contribution in [0.25, 0.3) is 22.3 Å². The number of fused-ring (bicyclic) bond motifs is 1. The zero-order valence-corrected chi connectivity index (χ0v) is 20.1. The van der Waals surface area contributed by atoms with Crippen LogP contribution in [0, 0.1) is 11.7 Å². The van der Waals surface area contributed by atoms with E-state index in [1.165, 1.54) is 5.56 Å². The first-order valence-electron chi connectivity index (χ1n) is 12.3. The highest BCUT2D eigenvalue weighted by Crippen LogP contribution is 2.27. The van der Waals surface area contributed by atoms with Gasteiger partial charge in [-0.2, -0.15) is 0 Å². The molecule has 1 aliphatic rings. The van der Waals surface area contributed by atoms with E-state index in [2.05, 4.69) is 16.3 Å². The smallest absolute Gasteiger partial charge is 0.162 e. The number of ether oxygens (including phenoxy) is 1. The lowest BCUT2D eigenvalue weighted by Crippen LogP contribution is -2.37. The van der Waals surface area contributed by atoms with Crippen LogP contribution in [0.3, 0.4) is 0 Å². The van der Waals surface area contributed by atoms with Gasteiger partial charge < -0.3 is 15.0 Å². The molecule has 1 aliphatic heterocycles. The second-order valence-corrected chi connectivity index (χ2v) is 9.18. The third kappa shape index (κ3) is 5.77. The first-order valence-corrected chi connectivity index (χ1v) is 12.3. The molecule has 5 nitrogen and oxygen atoms in total. The van der Waals surface area contributed by atoms with Gasteiger partial charge in [0.2, 0.25) is 0 Å². The predicted octanol–water partition coefficient (Wildman–Crippen LogP) is 5.81. The van der Waals surface area contributed by atoms with Crippen LogP contribution in [-0.2, 0) is 6.42 Å². The Morgan fingerprint density at radius 2 is 1.69 bits per heavy atom.